The molecular weight excluding hydrogens is 669 g/mol. The van der Waals surface area contributed by atoms with E-state index in [1.807, 2.05) is 66.7 Å². The van der Waals surface area contributed by atoms with Crippen LogP contribution in [0, 0.1) is 12.1 Å². The maximum Gasteiger partial charge on any atom is 0.129 e. The van der Waals surface area contributed by atoms with Crippen LogP contribution in [-0.4, -0.2) is 9.97 Å². The Morgan fingerprint density at radius 2 is 1.10 bits per heavy atom. The van der Waals surface area contributed by atoms with Gasteiger partial charge in [0.1, 0.15) is 5.58 Å². The maximum absolute atomic E-state index is 6.49. The predicted molar refractivity (Wildman–Crippen MR) is 159 cm³/mol. The van der Waals surface area contributed by atoms with E-state index in [4.69, 9.17) is 4.42 Å². The molecule has 0 bridgehead atoms. The van der Waals surface area contributed by atoms with Crippen molar-refractivity contribution in [1.82, 2.24) is 9.97 Å². The third kappa shape index (κ3) is 4.58. The Labute approximate surface area is 245 Å². The van der Waals surface area contributed by atoms with Gasteiger partial charge < -0.3 is 14.4 Å². The minimum atomic E-state index is 0. The van der Waals surface area contributed by atoms with Crippen LogP contribution in [0.4, 0.5) is 0 Å². The molecular formula is C36H22IrN2O-2. The fourth-order valence-corrected chi connectivity index (χ4v) is 5.15. The van der Waals surface area contributed by atoms with Gasteiger partial charge in [0.15, 0.2) is 0 Å². The van der Waals surface area contributed by atoms with Gasteiger partial charge in [0.05, 0.1) is 5.58 Å². The number of pyridine rings is 2. The smallest absolute Gasteiger partial charge is 0.129 e. The van der Waals surface area contributed by atoms with Crippen molar-refractivity contribution in [2.45, 2.75) is 0 Å². The van der Waals surface area contributed by atoms with Gasteiger partial charge in [-0.05, 0) is 39.7 Å². The van der Waals surface area contributed by atoms with E-state index in [1.165, 1.54) is 16.2 Å². The number of benzene rings is 5. The molecule has 8 rings (SSSR count). The van der Waals surface area contributed by atoms with Crippen LogP contribution >= 0.6 is 0 Å². The molecule has 3 heterocycles. The van der Waals surface area contributed by atoms with Gasteiger partial charge in [0.25, 0.3) is 0 Å². The van der Waals surface area contributed by atoms with Gasteiger partial charge >= 0.3 is 0 Å². The number of furan rings is 1. The predicted octanol–water partition coefficient (Wildman–Crippen LogP) is 9.30. The molecule has 3 aromatic heterocycles. The first kappa shape index (κ1) is 25.6. The van der Waals surface area contributed by atoms with E-state index in [-0.39, 0.29) is 20.1 Å². The molecule has 0 N–H and O–H groups in total. The third-order valence-electron chi connectivity index (χ3n) is 6.88. The number of hydrogen-bond donors (Lipinski definition) is 0. The Balaban J connectivity index is 0.000000188. The van der Waals surface area contributed by atoms with Crippen LogP contribution in [0.25, 0.3) is 66.0 Å². The Morgan fingerprint density at radius 3 is 1.77 bits per heavy atom. The van der Waals surface area contributed by atoms with Gasteiger partial charge in [-0.2, -0.15) is 0 Å². The Kier molecular flexibility index (Phi) is 7.20. The summed E-state index contributed by atoms with van der Waals surface area (Å²) in [5, 5.41) is 7.06. The number of nitrogens with zero attached hydrogens (tertiary/aromatic N) is 2. The minimum absolute atomic E-state index is 0. The summed E-state index contributed by atoms with van der Waals surface area (Å²) in [6.45, 7) is 0. The summed E-state index contributed by atoms with van der Waals surface area (Å²) in [6.07, 6.45) is 3.59. The fourth-order valence-electron chi connectivity index (χ4n) is 5.15. The molecule has 5 aromatic carbocycles. The molecule has 8 aromatic rings. The molecule has 0 amide bonds. The van der Waals surface area contributed by atoms with Crippen molar-refractivity contribution in [3.8, 4) is 22.5 Å². The SMILES string of the molecule is [Ir].[c-]1ccc2c(oc3c4ccccc4c4ccccc4c23)c1-c1ccccn1.[c-]1ccccc1-c1ccccn1. The van der Waals surface area contributed by atoms with Crippen molar-refractivity contribution in [3.05, 3.63) is 146 Å². The molecule has 40 heavy (non-hydrogen) atoms. The summed E-state index contributed by atoms with van der Waals surface area (Å²) in [6, 6.07) is 47.1. The molecule has 0 saturated heterocycles. The summed E-state index contributed by atoms with van der Waals surface area (Å²) in [4.78, 5) is 8.72. The van der Waals surface area contributed by atoms with E-state index in [0.717, 1.165) is 49.8 Å². The van der Waals surface area contributed by atoms with Gasteiger partial charge in [-0.25, -0.2) is 0 Å². The molecule has 4 heteroatoms. The normalized spacial score (nSPS) is 10.8. The average Bonchev–Trinajstić information content (AvgIpc) is 3.43. The monoisotopic (exact) mass is 691 g/mol. The zero-order chi connectivity index (χ0) is 26.0. The van der Waals surface area contributed by atoms with Gasteiger partial charge in [-0.1, -0.05) is 83.7 Å². The van der Waals surface area contributed by atoms with Crippen molar-refractivity contribution in [3.63, 3.8) is 0 Å². The molecule has 0 saturated carbocycles. The number of rotatable bonds is 2. The maximum atomic E-state index is 6.49. The molecule has 0 unspecified atom stereocenters. The van der Waals surface area contributed by atoms with E-state index in [0.29, 0.717) is 0 Å². The molecule has 0 atom stereocenters. The third-order valence-corrected chi connectivity index (χ3v) is 6.88. The van der Waals surface area contributed by atoms with E-state index in [2.05, 4.69) is 76.7 Å². The molecule has 0 spiro atoms. The molecule has 0 aliphatic rings. The van der Waals surface area contributed by atoms with E-state index < -0.39 is 0 Å². The number of aromatic nitrogens is 2. The largest absolute Gasteiger partial charge is 0.500 e. The van der Waals surface area contributed by atoms with E-state index >= 15 is 0 Å². The van der Waals surface area contributed by atoms with Gasteiger partial charge in [-0.15, -0.1) is 54.1 Å². The Bertz CT molecular complexity index is 2020. The van der Waals surface area contributed by atoms with Crippen LogP contribution < -0.4 is 0 Å². The zero-order valence-electron chi connectivity index (χ0n) is 21.3. The quantitative estimate of drug-likeness (QED) is 0.134. The number of hydrogen-bond acceptors (Lipinski definition) is 3. The molecule has 0 aliphatic heterocycles. The molecule has 193 valence electrons. The second kappa shape index (κ2) is 11.2. The first-order chi connectivity index (χ1) is 19.4. The summed E-state index contributed by atoms with van der Waals surface area (Å²) in [5.74, 6) is 0. The van der Waals surface area contributed by atoms with Crippen molar-refractivity contribution in [1.29, 1.82) is 0 Å². The Hall–Kier alpha value is -4.63. The van der Waals surface area contributed by atoms with Crippen molar-refractivity contribution >= 4 is 43.5 Å². The Morgan fingerprint density at radius 1 is 0.475 bits per heavy atom. The van der Waals surface area contributed by atoms with Crippen LogP contribution in [-0.2, 0) is 20.1 Å². The second-order valence-electron chi connectivity index (χ2n) is 9.20. The first-order valence-corrected chi connectivity index (χ1v) is 12.8. The summed E-state index contributed by atoms with van der Waals surface area (Å²) in [7, 11) is 0. The van der Waals surface area contributed by atoms with E-state index in [9.17, 15) is 0 Å². The van der Waals surface area contributed by atoms with Crippen molar-refractivity contribution in [2.24, 2.45) is 0 Å². The fraction of sp³-hybridized carbons (Fsp3) is 0. The summed E-state index contributed by atoms with van der Waals surface area (Å²) in [5.41, 5.74) is 5.55. The summed E-state index contributed by atoms with van der Waals surface area (Å²) >= 11 is 0. The van der Waals surface area contributed by atoms with Crippen LogP contribution in [0.5, 0.6) is 0 Å². The topological polar surface area (TPSA) is 38.9 Å². The molecule has 1 radical (unpaired) electrons. The second-order valence-corrected chi connectivity index (χ2v) is 9.20. The van der Waals surface area contributed by atoms with Crippen LogP contribution in [0.15, 0.2) is 138 Å². The van der Waals surface area contributed by atoms with Crippen molar-refractivity contribution in [2.75, 3.05) is 0 Å². The average molecular weight is 691 g/mol. The molecule has 3 nitrogen and oxygen atoms in total. The number of fused-ring (bicyclic) bond motifs is 8. The van der Waals surface area contributed by atoms with Gasteiger partial charge in [0, 0.05) is 43.3 Å². The van der Waals surface area contributed by atoms with E-state index in [1.54, 1.807) is 12.4 Å². The van der Waals surface area contributed by atoms with Crippen LogP contribution in [0.1, 0.15) is 0 Å². The minimum Gasteiger partial charge on any atom is -0.500 e. The molecule has 0 aliphatic carbocycles. The van der Waals surface area contributed by atoms with Crippen molar-refractivity contribution < 1.29 is 24.5 Å². The first-order valence-electron chi connectivity index (χ1n) is 12.8. The summed E-state index contributed by atoms with van der Waals surface area (Å²) < 4.78 is 6.49. The molecule has 0 fully saturated rings. The van der Waals surface area contributed by atoms with Gasteiger partial charge in [-0.3, -0.25) is 0 Å². The van der Waals surface area contributed by atoms with Crippen LogP contribution in [0.3, 0.4) is 0 Å². The van der Waals surface area contributed by atoms with Gasteiger partial charge in [0.2, 0.25) is 0 Å². The standard InChI is InChI=1S/C25H14NO.C11H8N.Ir/c1-3-10-18-16(8-1)17-9-2-4-11-19(17)25-23(18)21-13-7-12-20(24(21)27-25)22-14-5-6-15-26-22;1-2-6-10(7-3-1)11-8-4-5-9-12-11;/h1-11,13-15H;1-6,8-9H;/q2*-1;. The van der Waals surface area contributed by atoms with Crippen LogP contribution in [0.2, 0.25) is 0 Å². The zero-order valence-corrected chi connectivity index (χ0v) is 23.7.